The number of aryl methyl sites for hydroxylation is 1. The maximum Gasteiger partial charge on any atom is 0.269 e. The molecular formula is C18H15N7O2. The zero-order chi connectivity index (χ0) is 19.0. The molecule has 0 atom stereocenters. The van der Waals surface area contributed by atoms with Crippen LogP contribution in [0.15, 0.2) is 54.6 Å². The van der Waals surface area contributed by atoms with Gasteiger partial charge in [-0.15, -0.1) is 0 Å². The van der Waals surface area contributed by atoms with Crippen LogP contribution in [-0.2, 0) is 0 Å². The largest absolute Gasteiger partial charge is 0.383 e. The number of imidazole rings is 1. The summed E-state index contributed by atoms with van der Waals surface area (Å²) in [6.45, 7) is 1.87. The molecule has 27 heavy (non-hydrogen) atoms. The molecule has 9 nitrogen and oxygen atoms in total. The van der Waals surface area contributed by atoms with Crippen molar-refractivity contribution in [2.45, 2.75) is 6.92 Å². The Morgan fingerprint density at radius 2 is 1.81 bits per heavy atom. The van der Waals surface area contributed by atoms with Crippen molar-refractivity contribution in [1.29, 1.82) is 0 Å². The normalized spacial score (nSPS) is 10.9. The highest BCUT2D eigenvalue weighted by molar-refractivity contribution is 5.77. The first-order valence-corrected chi connectivity index (χ1v) is 8.12. The van der Waals surface area contributed by atoms with E-state index in [-0.39, 0.29) is 5.69 Å². The zero-order valence-electron chi connectivity index (χ0n) is 14.3. The summed E-state index contributed by atoms with van der Waals surface area (Å²) in [7, 11) is 0. The number of nitrogens with two attached hydrogens (primary N) is 1. The third kappa shape index (κ3) is 3.13. The minimum Gasteiger partial charge on any atom is -0.383 e. The van der Waals surface area contributed by atoms with Crippen molar-refractivity contribution in [3.05, 3.63) is 70.5 Å². The van der Waals surface area contributed by atoms with Gasteiger partial charge in [0.2, 0.25) is 5.95 Å². The van der Waals surface area contributed by atoms with E-state index in [1.807, 2.05) is 35.8 Å². The second-order valence-corrected chi connectivity index (χ2v) is 5.89. The number of benzene rings is 2. The molecule has 2 aromatic carbocycles. The Morgan fingerprint density at radius 1 is 1.07 bits per heavy atom. The minimum atomic E-state index is -0.447. The van der Waals surface area contributed by atoms with Crippen molar-refractivity contribution in [3.8, 4) is 5.95 Å². The molecule has 4 rings (SSSR count). The molecule has 0 bridgehead atoms. The zero-order valence-corrected chi connectivity index (χ0v) is 14.3. The standard InChI is InChI=1S/C18H15N7O2/c1-11-20-14-4-2-3-5-15(14)24(11)18-22-16(19)10-17(23-18)21-12-6-8-13(9-7-12)25(26)27/h2-10H,1H3,(H3,19,21,22,23). The second-order valence-electron chi connectivity index (χ2n) is 5.89. The number of nitro benzene ring substituents is 1. The lowest BCUT2D eigenvalue weighted by molar-refractivity contribution is -0.384. The number of rotatable bonds is 4. The van der Waals surface area contributed by atoms with Crippen LogP contribution in [0.5, 0.6) is 0 Å². The lowest BCUT2D eigenvalue weighted by atomic mass is 10.3. The first kappa shape index (κ1) is 16.5. The predicted molar refractivity (Wildman–Crippen MR) is 102 cm³/mol. The summed E-state index contributed by atoms with van der Waals surface area (Å²) in [6.07, 6.45) is 0. The number of hydrogen-bond donors (Lipinski definition) is 2. The van der Waals surface area contributed by atoms with Crippen LogP contribution < -0.4 is 11.1 Å². The highest BCUT2D eigenvalue weighted by Gasteiger charge is 2.13. The summed E-state index contributed by atoms with van der Waals surface area (Å²) in [5, 5.41) is 13.9. The summed E-state index contributed by atoms with van der Waals surface area (Å²) in [5.41, 5.74) is 8.35. The number of nitro groups is 1. The third-order valence-electron chi connectivity index (χ3n) is 4.01. The highest BCUT2D eigenvalue weighted by atomic mass is 16.6. The molecular weight excluding hydrogens is 346 g/mol. The van der Waals surface area contributed by atoms with E-state index in [0.29, 0.717) is 23.3 Å². The van der Waals surface area contributed by atoms with Crippen LogP contribution in [0.3, 0.4) is 0 Å². The Kier molecular flexibility index (Phi) is 3.88. The molecule has 0 radical (unpaired) electrons. The number of fused-ring (bicyclic) bond motifs is 1. The molecule has 0 amide bonds. The van der Waals surface area contributed by atoms with Gasteiger partial charge in [-0.3, -0.25) is 14.7 Å². The topological polar surface area (TPSA) is 125 Å². The van der Waals surface area contributed by atoms with Crippen LogP contribution in [-0.4, -0.2) is 24.4 Å². The number of para-hydroxylation sites is 2. The number of aromatic nitrogens is 4. The SMILES string of the molecule is Cc1nc2ccccc2n1-c1nc(N)cc(Nc2ccc([N+](=O)[O-])cc2)n1. The van der Waals surface area contributed by atoms with Crippen LogP contribution in [0, 0.1) is 17.0 Å². The number of anilines is 3. The van der Waals surface area contributed by atoms with Crippen molar-refractivity contribution in [1.82, 2.24) is 19.5 Å². The maximum atomic E-state index is 10.8. The average Bonchev–Trinajstić information content (AvgIpc) is 2.97. The molecule has 2 heterocycles. The van der Waals surface area contributed by atoms with Crippen molar-refractivity contribution in [2.24, 2.45) is 0 Å². The van der Waals surface area contributed by atoms with Crippen molar-refractivity contribution < 1.29 is 4.92 Å². The van der Waals surface area contributed by atoms with Gasteiger partial charge in [0.15, 0.2) is 0 Å². The Hall–Kier alpha value is -4.01. The van der Waals surface area contributed by atoms with Crippen LogP contribution in [0.4, 0.5) is 23.0 Å². The number of nitrogen functional groups attached to an aromatic ring is 1. The van der Waals surface area contributed by atoms with Gasteiger partial charge >= 0.3 is 0 Å². The van der Waals surface area contributed by atoms with Crippen molar-refractivity contribution in [2.75, 3.05) is 11.1 Å². The fourth-order valence-electron chi connectivity index (χ4n) is 2.83. The molecule has 0 saturated carbocycles. The van der Waals surface area contributed by atoms with Gasteiger partial charge in [0.25, 0.3) is 5.69 Å². The lowest BCUT2D eigenvalue weighted by Gasteiger charge is -2.10. The molecule has 0 aliphatic rings. The van der Waals surface area contributed by atoms with Crippen LogP contribution in [0.25, 0.3) is 17.0 Å². The van der Waals surface area contributed by atoms with E-state index in [1.165, 1.54) is 12.1 Å². The van der Waals surface area contributed by atoms with Gasteiger partial charge in [0.05, 0.1) is 16.0 Å². The van der Waals surface area contributed by atoms with Crippen molar-refractivity contribution >= 4 is 34.0 Å². The monoisotopic (exact) mass is 361 g/mol. The maximum absolute atomic E-state index is 10.8. The lowest BCUT2D eigenvalue weighted by Crippen LogP contribution is -2.07. The van der Waals surface area contributed by atoms with Gasteiger partial charge in [0.1, 0.15) is 17.5 Å². The molecule has 0 fully saturated rings. The van der Waals surface area contributed by atoms with Crippen LogP contribution in [0.1, 0.15) is 5.82 Å². The molecule has 0 saturated heterocycles. The number of hydrogen-bond acceptors (Lipinski definition) is 7. The number of nitrogens with one attached hydrogen (secondary N) is 1. The fourth-order valence-corrected chi connectivity index (χ4v) is 2.83. The number of nitrogens with zero attached hydrogens (tertiary/aromatic N) is 5. The predicted octanol–water partition coefficient (Wildman–Crippen LogP) is 3.36. The summed E-state index contributed by atoms with van der Waals surface area (Å²) >= 11 is 0. The van der Waals surface area contributed by atoms with E-state index < -0.39 is 4.92 Å². The fraction of sp³-hybridized carbons (Fsp3) is 0.0556. The molecule has 0 spiro atoms. The molecule has 134 valence electrons. The van der Waals surface area contributed by atoms with Gasteiger partial charge in [0, 0.05) is 23.9 Å². The first-order valence-electron chi connectivity index (χ1n) is 8.12. The van der Waals surface area contributed by atoms with E-state index in [2.05, 4.69) is 20.3 Å². The quantitative estimate of drug-likeness (QED) is 0.422. The summed E-state index contributed by atoms with van der Waals surface area (Å²) in [4.78, 5) is 23.7. The van der Waals surface area contributed by atoms with Crippen LogP contribution in [0.2, 0.25) is 0 Å². The molecule has 4 aromatic rings. The molecule has 3 N–H and O–H groups in total. The molecule has 9 heteroatoms. The third-order valence-corrected chi connectivity index (χ3v) is 4.01. The molecule has 0 aliphatic heterocycles. The molecule has 2 aromatic heterocycles. The van der Waals surface area contributed by atoms with Gasteiger partial charge < -0.3 is 11.1 Å². The summed E-state index contributed by atoms with van der Waals surface area (Å²) in [5.74, 6) is 1.90. The van der Waals surface area contributed by atoms with Crippen LogP contribution >= 0.6 is 0 Å². The van der Waals surface area contributed by atoms with E-state index in [0.717, 1.165) is 16.9 Å². The molecule has 0 aliphatic carbocycles. The van der Waals surface area contributed by atoms with Gasteiger partial charge in [-0.1, -0.05) is 12.1 Å². The van der Waals surface area contributed by atoms with E-state index >= 15 is 0 Å². The van der Waals surface area contributed by atoms with E-state index in [1.54, 1.807) is 18.2 Å². The minimum absolute atomic E-state index is 0.0175. The van der Waals surface area contributed by atoms with Gasteiger partial charge in [-0.05, 0) is 31.2 Å². The second kappa shape index (κ2) is 6.37. The smallest absolute Gasteiger partial charge is 0.269 e. The Balaban J connectivity index is 1.73. The highest BCUT2D eigenvalue weighted by Crippen LogP contribution is 2.23. The first-order chi connectivity index (χ1) is 13.0. The van der Waals surface area contributed by atoms with Crippen molar-refractivity contribution in [3.63, 3.8) is 0 Å². The van der Waals surface area contributed by atoms with Gasteiger partial charge in [-0.2, -0.15) is 9.97 Å². The summed E-state index contributed by atoms with van der Waals surface area (Å²) < 4.78 is 1.83. The Bertz CT molecular complexity index is 1150. The van der Waals surface area contributed by atoms with Gasteiger partial charge in [-0.25, -0.2) is 4.98 Å². The molecule has 0 unspecified atom stereocenters. The Labute approximate surface area is 153 Å². The average molecular weight is 361 g/mol. The number of non-ortho nitro benzene ring substituents is 1. The van der Waals surface area contributed by atoms with E-state index in [4.69, 9.17) is 5.73 Å². The van der Waals surface area contributed by atoms with E-state index in [9.17, 15) is 10.1 Å². The summed E-state index contributed by atoms with van der Waals surface area (Å²) in [6, 6.07) is 15.3. The Morgan fingerprint density at radius 3 is 2.56 bits per heavy atom.